The van der Waals surface area contributed by atoms with E-state index in [-0.39, 0.29) is 11.7 Å². The molecule has 1 aliphatic carbocycles. The van der Waals surface area contributed by atoms with Crippen molar-refractivity contribution in [3.63, 3.8) is 0 Å². The van der Waals surface area contributed by atoms with Crippen LogP contribution in [0.2, 0.25) is 0 Å². The Kier molecular flexibility index (Phi) is 4.39. The predicted octanol–water partition coefficient (Wildman–Crippen LogP) is 5.37. The van der Waals surface area contributed by atoms with E-state index in [0.29, 0.717) is 17.5 Å². The maximum absolute atomic E-state index is 13.0. The van der Waals surface area contributed by atoms with Crippen LogP contribution in [0.25, 0.3) is 0 Å². The number of carbonyl (C=O) groups is 1. The molecule has 1 aromatic carbocycles. The minimum atomic E-state index is -0.236. The minimum absolute atomic E-state index is 0.0704. The number of amides is 1. The van der Waals surface area contributed by atoms with E-state index in [4.69, 9.17) is 0 Å². The van der Waals surface area contributed by atoms with Crippen LogP contribution in [0.15, 0.2) is 35.7 Å². The lowest BCUT2D eigenvalue weighted by Crippen LogP contribution is -2.11. The Bertz CT molecular complexity index is 910. The van der Waals surface area contributed by atoms with Crippen LogP contribution >= 0.6 is 22.7 Å². The van der Waals surface area contributed by atoms with Crippen molar-refractivity contribution in [1.29, 1.82) is 0 Å². The molecule has 0 radical (unpaired) electrons. The first-order valence-electron chi connectivity index (χ1n) is 8.19. The summed E-state index contributed by atoms with van der Waals surface area (Å²) >= 11 is 2.97. The summed E-state index contributed by atoms with van der Waals surface area (Å²) in [6.07, 6.45) is 3.04. The lowest BCUT2D eigenvalue weighted by Gasteiger charge is -2.02. The SMILES string of the molecule is Cc1nc(NC(=O)c2sccc2C2CC2)sc1Cc1ccc(F)cc1. The molecule has 1 amide bonds. The second-order valence-electron chi connectivity index (χ2n) is 6.26. The normalized spacial score (nSPS) is 13.8. The summed E-state index contributed by atoms with van der Waals surface area (Å²) in [6.45, 7) is 1.94. The zero-order chi connectivity index (χ0) is 17.4. The van der Waals surface area contributed by atoms with E-state index >= 15 is 0 Å². The van der Waals surface area contributed by atoms with Gasteiger partial charge in [0.25, 0.3) is 5.91 Å². The number of thiazole rings is 1. The maximum atomic E-state index is 13.0. The number of halogens is 1. The van der Waals surface area contributed by atoms with E-state index in [0.717, 1.165) is 21.0 Å². The average Bonchev–Trinajstić information content (AvgIpc) is 3.21. The van der Waals surface area contributed by atoms with Crippen LogP contribution in [0.1, 0.15) is 50.1 Å². The topological polar surface area (TPSA) is 42.0 Å². The van der Waals surface area contributed by atoms with E-state index in [2.05, 4.69) is 16.4 Å². The Morgan fingerprint density at radius 3 is 2.76 bits per heavy atom. The van der Waals surface area contributed by atoms with Crippen molar-refractivity contribution in [2.24, 2.45) is 0 Å². The second kappa shape index (κ2) is 6.69. The number of benzene rings is 1. The molecule has 0 aliphatic heterocycles. The zero-order valence-corrected chi connectivity index (χ0v) is 15.3. The van der Waals surface area contributed by atoms with Gasteiger partial charge in [0, 0.05) is 11.3 Å². The molecule has 0 saturated heterocycles. The Labute approximate surface area is 153 Å². The van der Waals surface area contributed by atoms with Crippen LogP contribution < -0.4 is 5.32 Å². The van der Waals surface area contributed by atoms with Crippen LogP contribution in [-0.4, -0.2) is 10.9 Å². The molecule has 0 atom stereocenters. The molecule has 3 aromatic rings. The Morgan fingerprint density at radius 2 is 2.04 bits per heavy atom. The third-order valence-electron chi connectivity index (χ3n) is 4.31. The number of anilines is 1. The number of thiophene rings is 1. The highest BCUT2D eigenvalue weighted by molar-refractivity contribution is 7.16. The maximum Gasteiger partial charge on any atom is 0.267 e. The van der Waals surface area contributed by atoms with Gasteiger partial charge < -0.3 is 0 Å². The van der Waals surface area contributed by atoms with Crippen LogP contribution in [-0.2, 0) is 6.42 Å². The molecule has 2 aromatic heterocycles. The van der Waals surface area contributed by atoms with Crippen LogP contribution in [0, 0.1) is 12.7 Å². The zero-order valence-electron chi connectivity index (χ0n) is 13.7. The highest BCUT2D eigenvalue weighted by atomic mass is 32.1. The van der Waals surface area contributed by atoms with E-state index in [1.54, 1.807) is 12.1 Å². The largest absolute Gasteiger partial charge is 0.297 e. The second-order valence-corrected chi connectivity index (χ2v) is 8.26. The first-order valence-corrected chi connectivity index (χ1v) is 9.89. The third-order valence-corrected chi connectivity index (χ3v) is 6.31. The fourth-order valence-electron chi connectivity index (χ4n) is 2.81. The molecule has 1 fully saturated rings. The summed E-state index contributed by atoms with van der Waals surface area (Å²) in [4.78, 5) is 18.9. The first-order chi connectivity index (χ1) is 12.1. The van der Waals surface area contributed by atoms with Gasteiger partial charge in [-0.2, -0.15) is 0 Å². The fourth-order valence-corrected chi connectivity index (χ4v) is 4.68. The Morgan fingerprint density at radius 1 is 1.28 bits per heavy atom. The molecular formula is C19H17FN2OS2. The van der Waals surface area contributed by atoms with E-state index in [1.165, 1.54) is 53.2 Å². The van der Waals surface area contributed by atoms with Gasteiger partial charge in [-0.15, -0.1) is 22.7 Å². The number of carbonyl (C=O) groups excluding carboxylic acids is 1. The van der Waals surface area contributed by atoms with Crippen molar-refractivity contribution in [2.75, 3.05) is 5.32 Å². The summed E-state index contributed by atoms with van der Waals surface area (Å²) in [5, 5.41) is 5.54. The van der Waals surface area contributed by atoms with Crippen molar-refractivity contribution in [3.8, 4) is 0 Å². The molecule has 0 bridgehead atoms. The molecule has 128 valence electrons. The molecule has 2 heterocycles. The van der Waals surface area contributed by atoms with Gasteiger partial charge in [-0.1, -0.05) is 12.1 Å². The van der Waals surface area contributed by atoms with Gasteiger partial charge in [-0.05, 0) is 60.4 Å². The molecular weight excluding hydrogens is 355 g/mol. The lowest BCUT2D eigenvalue weighted by atomic mass is 10.1. The van der Waals surface area contributed by atoms with Gasteiger partial charge >= 0.3 is 0 Å². The standard InChI is InChI=1S/C19H17FN2OS2/c1-11-16(10-12-2-6-14(20)7-3-12)25-19(21-11)22-18(23)17-15(8-9-24-17)13-4-5-13/h2-3,6-9,13H,4-5,10H2,1H3,(H,21,22,23). The molecule has 1 N–H and O–H groups in total. The van der Waals surface area contributed by atoms with Gasteiger partial charge in [0.05, 0.1) is 10.6 Å². The van der Waals surface area contributed by atoms with Gasteiger partial charge in [-0.25, -0.2) is 9.37 Å². The lowest BCUT2D eigenvalue weighted by molar-refractivity contribution is 0.102. The molecule has 25 heavy (non-hydrogen) atoms. The number of hydrogen-bond acceptors (Lipinski definition) is 4. The third kappa shape index (κ3) is 3.65. The van der Waals surface area contributed by atoms with E-state index in [9.17, 15) is 9.18 Å². The summed E-state index contributed by atoms with van der Waals surface area (Å²) in [6, 6.07) is 8.54. The summed E-state index contributed by atoms with van der Waals surface area (Å²) in [7, 11) is 0. The Hall–Kier alpha value is -2.05. The van der Waals surface area contributed by atoms with Gasteiger partial charge in [0.2, 0.25) is 0 Å². The molecule has 3 nitrogen and oxygen atoms in total. The average molecular weight is 372 g/mol. The molecule has 1 aliphatic rings. The molecule has 0 unspecified atom stereocenters. The van der Waals surface area contributed by atoms with Crippen LogP contribution in [0.5, 0.6) is 0 Å². The van der Waals surface area contributed by atoms with Gasteiger partial charge in [-0.3, -0.25) is 10.1 Å². The number of hydrogen-bond donors (Lipinski definition) is 1. The van der Waals surface area contributed by atoms with E-state index < -0.39 is 0 Å². The number of rotatable bonds is 5. The summed E-state index contributed by atoms with van der Waals surface area (Å²) in [5.74, 6) is 0.248. The monoisotopic (exact) mass is 372 g/mol. The van der Waals surface area contributed by atoms with Crippen molar-refractivity contribution in [3.05, 3.63) is 68.1 Å². The molecule has 4 rings (SSSR count). The van der Waals surface area contributed by atoms with Crippen molar-refractivity contribution in [2.45, 2.75) is 32.1 Å². The summed E-state index contributed by atoms with van der Waals surface area (Å²) in [5.41, 5.74) is 3.10. The predicted molar refractivity (Wildman–Crippen MR) is 100 cm³/mol. The van der Waals surface area contributed by atoms with Gasteiger partial charge in [0.15, 0.2) is 5.13 Å². The highest BCUT2D eigenvalue weighted by Gasteiger charge is 2.29. The fraction of sp³-hybridized carbons (Fsp3) is 0.263. The number of nitrogens with zero attached hydrogens (tertiary/aromatic N) is 1. The molecule has 6 heteroatoms. The molecule has 0 spiro atoms. The Balaban J connectivity index is 1.49. The van der Waals surface area contributed by atoms with Crippen molar-refractivity contribution >= 4 is 33.7 Å². The minimum Gasteiger partial charge on any atom is -0.297 e. The number of nitrogens with one attached hydrogen (secondary N) is 1. The van der Waals surface area contributed by atoms with Crippen LogP contribution in [0.4, 0.5) is 9.52 Å². The first kappa shape index (κ1) is 16.4. The number of aryl methyl sites for hydroxylation is 1. The molecule has 1 saturated carbocycles. The smallest absolute Gasteiger partial charge is 0.267 e. The van der Waals surface area contributed by atoms with Crippen molar-refractivity contribution in [1.82, 2.24) is 4.98 Å². The van der Waals surface area contributed by atoms with E-state index in [1.807, 2.05) is 12.3 Å². The number of aromatic nitrogens is 1. The summed E-state index contributed by atoms with van der Waals surface area (Å²) < 4.78 is 13.0. The van der Waals surface area contributed by atoms with Gasteiger partial charge in [0.1, 0.15) is 5.82 Å². The van der Waals surface area contributed by atoms with Crippen molar-refractivity contribution < 1.29 is 9.18 Å². The van der Waals surface area contributed by atoms with Crippen LogP contribution in [0.3, 0.4) is 0 Å². The quantitative estimate of drug-likeness (QED) is 0.654. The highest BCUT2D eigenvalue weighted by Crippen LogP contribution is 2.43.